The molecule has 0 saturated heterocycles. The number of hydrogen-bond donors (Lipinski definition) is 0. The third-order valence-electron chi connectivity index (χ3n) is 3.55. The van der Waals surface area contributed by atoms with Crippen LogP contribution in [-0.4, -0.2) is 30.1 Å². The Morgan fingerprint density at radius 2 is 2.30 bits per heavy atom. The van der Waals surface area contributed by atoms with Crippen LogP contribution in [0.2, 0.25) is 5.02 Å². The summed E-state index contributed by atoms with van der Waals surface area (Å²) in [5.41, 5.74) is 1.34. The Kier molecular flexibility index (Phi) is 5.74. The molecule has 0 radical (unpaired) electrons. The molecular weight excluding hydrogens is 392 g/mol. The highest BCUT2D eigenvalue weighted by atomic mass is 35.5. The standard InChI is InChI=1S/C18H13ClN2O5S/c1-10-8-27-18(21-10)12(6-20)14(22)7-24-16(23)3-2-11-4-13(19)17-15(5-11)25-9-26-17/h2-5,8,12H,7,9H2,1H3/b3-2+/t12-/m1/s1. The molecule has 0 fully saturated rings. The number of carbonyl (C=O) groups excluding carboxylic acids is 2. The van der Waals surface area contributed by atoms with Gasteiger partial charge in [0.05, 0.1) is 11.1 Å². The Morgan fingerprint density at radius 1 is 1.48 bits per heavy atom. The zero-order valence-electron chi connectivity index (χ0n) is 14.1. The lowest BCUT2D eigenvalue weighted by Crippen LogP contribution is -2.19. The Bertz CT molecular complexity index is 963. The molecule has 0 unspecified atom stereocenters. The second kappa shape index (κ2) is 8.20. The molecule has 2 heterocycles. The van der Waals surface area contributed by atoms with Gasteiger partial charge in [-0.25, -0.2) is 9.78 Å². The van der Waals surface area contributed by atoms with E-state index in [4.69, 9.17) is 25.8 Å². The van der Waals surface area contributed by atoms with Crippen molar-refractivity contribution >= 4 is 40.8 Å². The number of nitrogens with zero attached hydrogens (tertiary/aromatic N) is 2. The van der Waals surface area contributed by atoms with Crippen molar-refractivity contribution in [1.82, 2.24) is 4.98 Å². The van der Waals surface area contributed by atoms with Crippen molar-refractivity contribution in [2.75, 3.05) is 13.4 Å². The molecular formula is C18H13ClN2O5S. The average Bonchev–Trinajstić information content (AvgIpc) is 3.28. The van der Waals surface area contributed by atoms with Crippen LogP contribution >= 0.6 is 22.9 Å². The third kappa shape index (κ3) is 4.45. The zero-order valence-corrected chi connectivity index (χ0v) is 15.7. The van der Waals surface area contributed by atoms with Gasteiger partial charge in [0, 0.05) is 17.2 Å². The third-order valence-corrected chi connectivity index (χ3v) is 4.86. The van der Waals surface area contributed by atoms with E-state index < -0.39 is 24.3 Å². The fourth-order valence-electron chi connectivity index (χ4n) is 2.29. The van der Waals surface area contributed by atoms with Crippen LogP contribution in [0.4, 0.5) is 0 Å². The summed E-state index contributed by atoms with van der Waals surface area (Å²) < 4.78 is 15.4. The first-order valence-electron chi connectivity index (χ1n) is 7.76. The van der Waals surface area contributed by atoms with Gasteiger partial charge in [-0.05, 0) is 30.7 Å². The summed E-state index contributed by atoms with van der Waals surface area (Å²) in [4.78, 5) is 28.1. The molecule has 0 amide bonds. The lowest BCUT2D eigenvalue weighted by molar-refractivity contribution is -0.143. The summed E-state index contributed by atoms with van der Waals surface area (Å²) in [6.07, 6.45) is 2.64. The maximum atomic E-state index is 12.1. The molecule has 0 bridgehead atoms. The number of aromatic nitrogens is 1. The number of aryl methyl sites for hydroxylation is 1. The van der Waals surface area contributed by atoms with E-state index in [2.05, 4.69) is 4.98 Å². The zero-order chi connectivity index (χ0) is 19.4. The lowest BCUT2D eigenvalue weighted by atomic mass is 10.1. The number of rotatable bonds is 6. The first-order valence-corrected chi connectivity index (χ1v) is 9.02. The van der Waals surface area contributed by atoms with Crippen LogP contribution in [-0.2, 0) is 14.3 Å². The van der Waals surface area contributed by atoms with Gasteiger partial charge in [0.15, 0.2) is 29.8 Å². The van der Waals surface area contributed by atoms with Crippen LogP contribution in [0.15, 0.2) is 23.6 Å². The fourth-order valence-corrected chi connectivity index (χ4v) is 3.43. The molecule has 138 valence electrons. The lowest BCUT2D eigenvalue weighted by Gasteiger charge is -2.05. The number of Topliss-reactive ketones (excluding diaryl/α,β-unsaturated/α-hetero) is 1. The molecule has 1 aliphatic rings. The first kappa shape index (κ1) is 18.9. The summed E-state index contributed by atoms with van der Waals surface area (Å²) in [7, 11) is 0. The summed E-state index contributed by atoms with van der Waals surface area (Å²) in [6.45, 7) is 1.35. The van der Waals surface area contributed by atoms with Crippen molar-refractivity contribution < 1.29 is 23.8 Å². The molecule has 9 heteroatoms. The Hall–Kier alpha value is -2.89. The van der Waals surface area contributed by atoms with Crippen LogP contribution < -0.4 is 9.47 Å². The van der Waals surface area contributed by atoms with E-state index in [0.717, 1.165) is 11.8 Å². The predicted molar refractivity (Wildman–Crippen MR) is 97.8 cm³/mol. The second-order valence-corrected chi connectivity index (χ2v) is 6.83. The largest absolute Gasteiger partial charge is 0.454 e. The van der Waals surface area contributed by atoms with Crippen molar-refractivity contribution in [2.45, 2.75) is 12.8 Å². The Labute approximate surface area is 163 Å². The minimum Gasteiger partial charge on any atom is -0.454 e. The topological polar surface area (TPSA) is 98.5 Å². The average molecular weight is 405 g/mol. The van der Waals surface area contributed by atoms with Gasteiger partial charge in [0.25, 0.3) is 0 Å². The van der Waals surface area contributed by atoms with Crippen LogP contribution in [0.3, 0.4) is 0 Å². The number of thiazole rings is 1. The SMILES string of the molecule is Cc1csc([C@H](C#N)C(=O)COC(=O)/C=C/c2cc(Cl)c3c(c2)OCO3)n1. The number of carbonyl (C=O) groups is 2. The number of fused-ring (bicyclic) bond motifs is 1. The van der Waals surface area contributed by atoms with E-state index in [1.165, 1.54) is 17.4 Å². The molecule has 1 aliphatic heterocycles. The summed E-state index contributed by atoms with van der Waals surface area (Å²) >= 11 is 7.29. The predicted octanol–water partition coefficient (Wildman–Crippen LogP) is 3.27. The molecule has 1 aromatic heterocycles. The number of esters is 1. The number of nitriles is 1. The Balaban J connectivity index is 1.58. The van der Waals surface area contributed by atoms with Crippen molar-refractivity contribution in [3.05, 3.63) is 44.9 Å². The highest BCUT2D eigenvalue weighted by Gasteiger charge is 2.24. The number of ketones is 1. The van der Waals surface area contributed by atoms with Gasteiger partial charge in [-0.2, -0.15) is 5.26 Å². The van der Waals surface area contributed by atoms with Gasteiger partial charge in [0.1, 0.15) is 5.01 Å². The quantitative estimate of drug-likeness (QED) is 0.538. The Morgan fingerprint density at radius 3 is 3.00 bits per heavy atom. The molecule has 3 rings (SSSR count). The minimum absolute atomic E-state index is 0.0883. The second-order valence-electron chi connectivity index (χ2n) is 5.53. The number of ether oxygens (including phenoxy) is 3. The van der Waals surface area contributed by atoms with Crippen molar-refractivity contribution in [3.8, 4) is 17.6 Å². The van der Waals surface area contributed by atoms with E-state index in [1.807, 2.05) is 6.07 Å². The monoisotopic (exact) mass is 404 g/mol. The molecule has 0 saturated carbocycles. The summed E-state index contributed by atoms with van der Waals surface area (Å²) in [6, 6.07) is 5.17. The van der Waals surface area contributed by atoms with Gasteiger partial charge in [-0.3, -0.25) is 4.79 Å². The van der Waals surface area contributed by atoms with Crippen LogP contribution in [0, 0.1) is 18.3 Å². The van der Waals surface area contributed by atoms with Crippen LogP contribution in [0.25, 0.3) is 6.08 Å². The molecule has 1 atom stereocenters. The van der Waals surface area contributed by atoms with E-state index in [9.17, 15) is 14.9 Å². The molecule has 0 aliphatic carbocycles. The molecule has 27 heavy (non-hydrogen) atoms. The maximum absolute atomic E-state index is 12.1. The number of hydrogen-bond acceptors (Lipinski definition) is 8. The van der Waals surface area contributed by atoms with Crippen molar-refractivity contribution in [3.63, 3.8) is 0 Å². The smallest absolute Gasteiger partial charge is 0.331 e. The van der Waals surface area contributed by atoms with Gasteiger partial charge in [-0.1, -0.05) is 11.6 Å². The van der Waals surface area contributed by atoms with E-state index >= 15 is 0 Å². The highest BCUT2D eigenvalue weighted by molar-refractivity contribution is 7.09. The van der Waals surface area contributed by atoms with Crippen molar-refractivity contribution in [1.29, 1.82) is 5.26 Å². The number of benzene rings is 1. The summed E-state index contributed by atoms with van der Waals surface area (Å²) in [5, 5.41) is 11.7. The van der Waals surface area contributed by atoms with Gasteiger partial charge in [0.2, 0.25) is 6.79 Å². The van der Waals surface area contributed by atoms with Crippen LogP contribution in [0.1, 0.15) is 22.2 Å². The maximum Gasteiger partial charge on any atom is 0.331 e. The first-order chi connectivity index (χ1) is 13.0. The molecule has 0 N–H and O–H groups in total. The normalized spacial score (nSPS) is 13.4. The molecule has 0 spiro atoms. The fraction of sp³-hybridized carbons (Fsp3) is 0.222. The van der Waals surface area contributed by atoms with Gasteiger partial charge >= 0.3 is 5.97 Å². The highest BCUT2D eigenvalue weighted by Crippen LogP contribution is 2.40. The summed E-state index contributed by atoms with van der Waals surface area (Å²) in [5.74, 6) is -1.35. The van der Waals surface area contributed by atoms with Gasteiger partial charge < -0.3 is 14.2 Å². The molecule has 7 nitrogen and oxygen atoms in total. The van der Waals surface area contributed by atoms with E-state index in [0.29, 0.717) is 27.1 Å². The molecule has 1 aromatic carbocycles. The van der Waals surface area contributed by atoms with E-state index in [1.54, 1.807) is 24.4 Å². The molecule has 2 aromatic rings. The van der Waals surface area contributed by atoms with E-state index in [-0.39, 0.29) is 6.79 Å². The van der Waals surface area contributed by atoms with Crippen molar-refractivity contribution in [2.24, 2.45) is 0 Å². The van der Waals surface area contributed by atoms with Gasteiger partial charge in [-0.15, -0.1) is 11.3 Å². The van der Waals surface area contributed by atoms with Crippen LogP contribution in [0.5, 0.6) is 11.5 Å². The minimum atomic E-state index is -1.05. The number of halogens is 1.